The van der Waals surface area contributed by atoms with Gasteiger partial charge in [0.05, 0.1) is 25.0 Å². The van der Waals surface area contributed by atoms with Gasteiger partial charge < -0.3 is 24.5 Å². The maximum atomic E-state index is 11.7. The minimum atomic E-state index is -0.224. The normalized spacial score (nSPS) is 25.7. The van der Waals surface area contributed by atoms with Crippen LogP contribution in [-0.4, -0.2) is 38.0 Å². The molecule has 1 heterocycles. The van der Waals surface area contributed by atoms with E-state index in [-0.39, 0.29) is 24.3 Å². The number of rotatable bonds is 6. The summed E-state index contributed by atoms with van der Waals surface area (Å²) in [6, 6.07) is 3.37. The van der Waals surface area contributed by atoms with Crippen LogP contribution < -0.4 is 10.6 Å². The lowest BCUT2D eigenvalue weighted by molar-refractivity contribution is -0.128. The second-order valence-electron chi connectivity index (χ2n) is 4.44. The number of ether oxygens (including phenoxy) is 2. The van der Waals surface area contributed by atoms with E-state index in [0.29, 0.717) is 13.2 Å². The van der Waals surface area contributed by atoms with Crippen molar-refractivity contribution in [2.75, 3.05) is 13.7 Å². The second-order valence-corrected chi connectivity index (χ2v) is 4.44. The maximum absolute atomic E-state index is 11.7. The lowest BCUT2D eigenvalue weighted by Gasteiger charge is -2.43. The third-order valence-corrected chi connectivity index (χ3v) is 3.22. The standard InChI is InChI=1S/C13H20N2O4/c1-3-18-11-7-10(12(11)17-2)15-13(16)14-8-9-5-4-6-19-9/h4-6,10-12H,3,7-8H2,1-2H3,(H2,14,15,16)/t10-,11-,12+/m1/s1. The van der Waals surface area contributed by atoms with Gasteiger partial charge in [0.2, 0.25) is 0 Å². The first-order valence-corrected chi connectivity index (χ1v) is 6.45. The van der Waals surface area contributed by atoms with Gasteiger partial charge >= 0.3 is 6.03 Å². The Balaban J connectivity index is 1.71. The van der Waals surface area contributed by atoms with Gasteiger partial charge in [0.25, 0.3) is 0 Å². The highest BCUT2D eigenvalue weighted by Gasteiger charge is 2.42. The molecule has 0 aromatic carbocycles. The van der Waals surface area contributed by atoms with Crippen molar-refractivity contribution in [3.8, 4) is 0 Å². The van der Waals surface area contributed by atoms with Gasteiger partial charge in [0.15, 0.2) is 0 Å². The zero-order valence-corrected chi connectivity index (χ0v) is 11.2. The Morgan fingerprint density at radius 3 is 3.05 bits per heavy atom. The van der Waals surface area contributed by atoms with Crippen molar-refractivity contribution in [3.63, 3.8) is 0 Å². The maximum Gasteiger partial charge on any atom is 0.315 e. The smallest absolute Gasteiger partial charge is 0.315 e. The van der Waals surface area contributed by atoms with Gasteiger partial charge in [-0.1, -0.05) is 0 Å². The fraction of sp³-hybridized carbons (Fsp3) is 0.615. The molecule has 0 aliphatic heterocycles. The van der Waals surface area contributed by atoms with Crippen molar-refractivity contribution < 1.29 is 18.7 Å². The molecule has 106 valence electrons. The SMILES string of the molecule is CCO[C@@H]1C[C@@H](NC(=O)NCc2ccco2)[C@@H]1OC. The number of amides is 2. The van der Waals surface area contributed by atoms with E-state index in [1.54, 1.807) is 19.4 Å². The zero-order chi connectivity index (χ0) is 13.7. The van der Waals surface area contributed by atoms with E-state index < -0.39 is 0 Å². The van der Waals surface area contributed by atoms with Crippen LogP contribution in [0.25, 0.3) is 0 Å². The predicted molar refractivity (Wildman–Crippen MR) is 68.7 cm³/mol. The quantitative estimate of drug-likeness (QED) is 0.815. The summed E-state index contributed by atoms with van der Waals surface area (Å²) in [4.78, 5) is 11.7. The Morgan fingerprint density at radius 2 is 2.42 bits per heavy atom. The molecule has 1 fully saturated rings. The van der Waals surface area contributed by atoms with Crippen LogP contribution in [0.3, 0.4) is 0 Å². The molecule has 0 spiro atoms. The van der Waals surface area contributed by atoms with Gasteiger partial charge in [-0.3, -0.25) is 0 Å². The number of carbonyl (C=O) groups excluding carboxylic acids is 1. The Hall–Kier alpha value is -1.53. The lowest BCUT2D eigenvalue weighted by Crippen LogP contribution is -2.62. The molecular formula is C13H20N2O4. The van der Waals surface area contributed by atoms with Gasteiger partial charge in [0, 0.05) is 13.7 Å². The van der Waals surface area contributed by atoms with E-state index >= 15 is 0 Å². The van der Waals surface area contributed by atoms with Crippen LogP contribution in [0.5, 0.6) is 0 Å². The van der Waals surface area contributed by atoms with Gasteiger partial charge in [-0.25, -0.2) is 4.79 Å². The molecule has 0 radical (unpaired) electrons. The molecule has 1 saturated carbocycles. The molecule has 6 heteroatoms. The van der Waals surface area contributed by atoms with Crippen LogP contribution in [0.2, 0.25) is 0 Å². The number of nitrogens with one attached hydrogen (secondary N) is 2. The summed E-state index contributed by atoms with van der Waals surface area (Å²) in [5.41, 5.74) is 0. The lowest BCUT2D eigenvalue weighted by atomic mass is 9.85. The third kappa shape index (κ3) is 3.48. The predicted octanol–water partition coefficient (Wildman–Crippen LogP) is 1.27. The first kappa shape index (κ1) is 13.9. The summed E-state index contributed by atoms with van der Waals surface area (Å²) in [5.74, 6) is 0.722. The average molecular weight is 268 g/mol. The summed E-state index contributed by atoms with van der Waals surface area (Å²) in [6.07, 6.45) is 2.36. The molecule has 19 heavy (non-hydrogen) atoms. The molecule has 0 saturated heterocycles. The summed E-state index contributed by atoms with van der Waals surface area (Å²) in [7, 11) is 1.63. The van der Waals surface area contributed by atoms with E-state index in [4.69, 9.17) is 13.9 Å². The van der Waals surface area contributed by atoms with Crippen molar-refractivity contribution in [1.29, 1.82) is 0 Å². The van der Waals surface area contributed by atoms with Crippen LogP contribution in [0, 0.1) is 0 Å². The molecule has 1 aromatic heterocycles. The van der Waals surface area contributed by atoms with Gasteiger partial charge in [-0.2, -0.15) is 0 Å². The van der Waals surface area contributed by atoms with Crippen molar-refractivity contribution >= 4 is 6.03 Å². The molecule has 2 amide bonds. The van der Waals surface area contributed by atoms with E-state index in [2.05, 4.69) is 10.6 Å². The highest BCUT2D eigenvalue weighted by molar-refractivity contribution is 5.74. The van der Waals surface area contributed by atoms with Crippen LogP contribution in [-0.2, 0) is 16.0 Å². The highest BCUT2D eigenvalue weighted by Crippen LogP contribution is 2.26. The van der Waals surface area contributed by atoms with E-state index in [9.17, 15) is 4.79 Å². The van der Waals surface area contributed by atoms with Crippen LogP contribution in [0.15, 0.2) is 22.8 Å². The molecule has 1 aliphatic rings. The van der Waals surface area contributed by atoms with Crippen LogP contribution in [0.4, 0.5) is 4.79 Å². The molecule has 0 unspecified atom stereocenters. The van der Waals surface area contributed by atoms with E-state index in [1.165, 1.54) is 0 Å². The summed E-state index contributed by atoms with van der Waals surface area (Å²) >= 11 is 0. The molecule has 1 aliphatic carbocycles. The zero-order valence-electron chi connectivity index (χ0n) is 11.2. The Morgan fingerprint density at radius 1 is 1.58 bits per heavy atom. The Kier molecular flexibility index (Phi) is 4.81. The third-order valence-electron chi connectivity index (χ3n) is 3.22. The molecule has 3 atom stereocenters. The fourth-order valence-electron chi connectivity index (χ4n) is 2.22. The van der Waals surface area contributed by atoms with Crippen LogP contribution in [0.1, 0.15) is 19.1 Å². The highest BCUT2D eigenvalue weighted by atomic mass is 16.5. The number of carbonyl (C=O) groups is 1. The van der Waals surface area contributed by atoms with E-state index in [0.717, 1.165) is 12.2 Å². The van der Waals surface area contributed by atoms with Crippen molar-refractivity contribution in [3.05, 3.63) is 24.2 Å². The molecular weight excluding hydrogens is 248 g/mol. The second kappa shape index (κ2) is 6.58. The monoisotopic (exact) mass is 268 g/mol. The number of furan rings is 1. The van der Waals surface area contributed by atoms with Crippen molar-refractivity contribution in [2.45, 2.75) is 38.1 Å². The van der Waals surface area contributed by atoms with Crippen LogP contribution >= 0.6 is 0 Å². The molecule has 6 nitrogen and oxygen atoms in total. The topological polar surface area (TPSA) is 72.7 Å². The number of hydrogen-bond donors (Lipinski definition) is 2. The Bertz CT molecular complexity index is 393. The molecule has 2 N–H and O–H groups in total. The number of urea groups is 1. The van der Waals surface area contributed by atoms with E-state index in [1.807, 2.05) is 13.0 Å². The van der Waals surface area contributed by atoms with Gasteiger partial charge in [-0.05, 0) is 25.5 Å². The minimum Gasteiger partial charge on any atom is -0.467 e. The average Bonchev–Trinajstić information content (AvgIpc) is 2.88. The summed E-state index contributed by atoms with van der Waals surface area (Å²) in [5, 5.41) is 5.61. The van der Waals surface area contributed by atoms with Crippen molar-refractivity contribution in [1.82, 2.24) is 10.6 Å². The summed E-state index contributed by atoms with van der Waals surface area (Å²) < 4.78 is 16.0. The largest absolute Gasteiger partial charge is 0.467 e. The minimum absolute atomic E-state index is 0.00171. The fourth-order valence-corrected chi connectivity index (χ4v) is 2.22. The molecule has 0 bridgehead atoms. The van der Waals surface area contributed by atoms with Gasteiger partial charge in [-0.15, -0.1) is 0 Å². The number of methoxy groups -OCH3 is 1. The molecule has 2 rings (SSSR count). The van der Waals surface area contributed by atoms with Crippen molar-refractivity contribution in [2.24, 2.45) is 0 Å². The van der Waals surface area contributed by atoms with Gasteiger partial charge in [0.1, 0.15) is 11.9 Å². The molecule has 1 aromatic rings. The first-order chi connectivity index (χ1) is 9.24. The number of hydrogen-bond acceptors (Lipinski definition) is 4. The summed E-state index contributed by atoms with van der Waals surface area (Å²) in [6.45, 7) is 2.98. The Labute approximate surface area is 112 Å². The first-order valence-electron chi connectivity index (χ1n) is 6.45.